The lowest BCUT2D eigenvalue weighted by Crippen LogP contribution is -2.35. The van der Waals surface area contributed by atoms with Gasteiger partial charge in [0.2, 0.25) is 0 Å². The fourth-order valence-corrected chi connectivity index (χ4v) is 6.15. The van der Waals surface area contributed by atoms with Gasteiger partial charge in [-0.2, -0.15) is 19.4 Å². The normalized spacial score (nSPS) is 17.9. The van der Waals surface area contributed by atoms with E-state index in [4.69, 9.17) is 0 Å². The predicted molar refractivity (Wildman–Crippen MR) is 134 cm³/mol. The number of carbonyl (C=O) groups excluding carboxylic acids is 1. The van der Waals surface area contributed by atoms with Crippen LogP contribution < -0.4 is 10.1 Å². The van der Waals surface area contributed by atoms with E-state index in [0.717, 1.165) is 16.5 Å². The molecule has 1 aromatic heterocycles. The zero-order valence-corrected chi connectivity index (χ0v) is 19.7. The molecule has 10 heteroatoms. The molecule has 1 fully saturated rings. The number of hydrogen-bond donors (Lipinski definition) is 3. The van der Waals surface area contributed by atoms with Crippen molar-refractivity contribution in [2.45, 2.75) is 19.1 Å². The van der Waals surface area contributed by atoms with Gasteiger partial charge in [0.1, 0.15) is 11.6 Å². The molecule has 36 heavy (non-hydrogen) atoms. The van der Waals surface area contributed by atoms with Crippen LogP contribution in [0, 0.1) is 5.82 Å². The maximum atomic E-state index is 13.6. The molecule has 3 N–H and O–H groups in total. The van der Waals surface area contributed by atoms with E-state index < -0.39 is 17.2 Å². The van der Waals surface area contributed by atoms with Crippen molar-refractivity contribution in [2.75, 3.05) is 11.5 Å². The second-order valence-electron chi connectivity index (χ2n) is 8.66. The summed E-state index contributed by atoms with van der Waals surface area (Å²) in [7, 11) is -2.64. The third-order valence-electron chi connectivity index (χ3n) is 6.16. The number of hydrogen-bond acceptors (Lipinski definition) is 4. The van der Waals surface area contributed by atoms with Crippen molar-refractivity contribution >= 4 is 27.4 Å². The summed E-state index contributed by atoms with van der Waals surface area (Å²) in [5.74, 6) is -0.260. The van der Waals surface area contributed by atoms with E-state index in [1.165, 1.54) is 24.3 Å². The van der Waals surface area contributed by atoms with Crippen molar-refractivity contribution < 1.29 is 31.8 Å². The molecule has 1 aliphatic rings. The van der Waals surface area contributed by atoms with E-state index in [9.17, 15) is 27.1 Å². The summed E-state index contributed by atoms with van der Waals surface area (Å²) < 4.78 is 64.6. The Morgan fingerprint density at radius 2 is 1.78 bits per heavy atom. The molecule has 1 aliphatic heterocycles. The molecule has 1 amide bonds. The van der Waals surface area contributed by atoms with Crippen LogP contribution in [0.25, 0.3) is 27.7 Å². The standard InChI is InChI=1S/C26H23F3N2O4S/c27-18-4-6-20(7-5-18)31-14-23(16-1-8-21(9-2-16)35-26(28)29)22-10-3-17(13-24(22)31)25(32)30-19-11-12-36(33,34)15-19/h1-10,13-14,19,26,33-34H,11-12,15H2,(H,30,32). The molecule has 188 valence electrons. The number of alkyl halides is 2. The van der Waals surface area contributed by atoms with Crippen molar-refractivity contribution in [2.24, 2.45) is 0 Å². The first-order valence-electron chi connectivity index (χ1n) is 11.2. The van der Waals surface area contributed by atoms with Crippen molar-refractivity contribution in [1.29, 1.82) is 0 Å². The van der Waals surface area contributed by atoms with Gasteiger partial charge in [-0.3, -0.25) is 13.9 Å². The Labute approximate surface area is 206 Å². The summed E-state index contributed by atoms with van der Waals surface area (Å²) in [4.78, 5) is 13.0. The van der Waals surface area contributed by atoms with E-state index in [1.807, 2.05) is 10.8 Å². The molecule has 6 nitrogen and oxygen atoms in total. The quantitative estimate of drug-likeness (QED) is 0.281. The molecular formula is C26H23F3N2O4S. The summed E-state index contributed by atoms with van der Waals surface area (Å²) in [6.45, 7) is -2.92. The first-order chi connectivity index (χ1) is 17.2. The Morgan fingerprint density at radius 3 is 2.42 bits per heavy atom. The van der Waals surface area contributed by atoms with Gasteiger partial charge in [0.15, 0.2) is 0 Å². The van der Waals surface area contributed by atoms with Crippen LogP contribution in [0.2, 0.25) is 0 Å². The van der Waals surface area contributed by atoms with Crippen LogP contribution in [0.5, 0.6) is 5.75 Å². The number of amides is 1. The Balaban J connectivity index is 1.54. The van der Waals surface area contributed by atoms with Crippen LogP contribution in [0.15, 0.2) is 72.9 Å². The van der Waals surface area contributed by atoms with Gasteiger partial charge in [-0.25, -0.2) is 4.39 Å². The number of ether oxygens (including phenoxy) is 1. The highest BCUT2D eigenvalue weighted by Gasteiger charge is 2.29. The first-order valence-corrected chi connectivity index (χ1v) is 13.1. The summed E-state index contributed by atoms with van der Waals surface area (Å²) in [6, 6.07) is 17.0. The van der Waals surface area contributed by atoms with Crippen LogP contribution in [-0.4, -0.2) is 43.7 Å². The molecule has 0 saturated carbocycles. The first kappa shape index (κ1) is 24.2. The minimum absolute atomic E-state index is 0.0403. The van der Waals surface area contributed by atoms with Crippen molar-refractivity contribution in [1.82, 2.24) is 9.88 Å². The molecular weight excluding hydrogens is 493 g/mol. The number of nitrogens with one attached hydrogen (secondary N) is 1. The monoisotopic (exact) mass is 516 g/mol. The number of benzene rings is 3. The Hall–Kier alpha value is -3.47. The predicted octanol–water partition coefficient (Wildman–Crippen LogP) is 6.29. The molecule has 5 rings (SSSR count). The molecule has 1 atom stereocenters. The van der Waals surface area contributed by atoms with Gasteiger partial charge in [0, 0.05) is 40.2 Å². The molecule has 3 aromatic carbocycles. The average molecular weight is 517 g/mol. The Kier molecular flexibility index (Phi) is 6.42. The lowest BCUT2D eigenvalue weighted by molar-refractivity contribution is -0.0498. The highest BCUT2D eigenvalue weighted by molar-refractivity contribution is 8.24. The summed E-state index contributed by atoms with van der Waals surface area (Å²) in [6.07, 6.45) is 2.34. The Bertz CT molecular complexity index is 1410. The lowest BCUT2D eigenvalue weighted by atomic mass is 10.0. The molecule has 1 unspecified atom stereocenters. The molecule has 4 aromatic rings. The average Bonchev–Trinajstić information content (AvgIpc) is 3.38. The second-order valence-corrected chi connectivity index (χ2v) is 11.0. The molecule has 0 aliphatic carbocycles. The molecule has 0 radical (unpaired) electrons. The van der Waals surface area contributed by atoms with Gasteiger partial charge >= 0.3 is 6.61 Å². The van der Waals surface area contributed by atoms with Gasteiger partial charge in [-0.05, 0) is 60.5 Å². The van der Waals surface area contributed by atoms with Crippen LogP contribution in [0.1, 0.15) is 16.8 Å². The number of rotatable bonds is 6. The molecule has 0 spiro atoms. The number of halogens is 3. The highest BCUT2D eigenvalue weighted by Crippen LogP contribution is 2.45. The fourth-order valence-electron chi connectivity index (χ4n) is 4.43. The maximum Gasteiger partial charge on any atom is 0.387 e. The van der Waals surface area contributed by atoms with E-state index in [-0.39, 0.29) is 35.0 Å². The van der Waals surface area contributed by atoms with Crippen molar-refractivity contribution in [3.05, 3.63) is 84.3 Å². The smallest absolute Gasteiger partial charge is 0.387 e. The highest BCUT2D eigenvalue weighted by atomic mass is 32.3. The van der Waals surface area contributed by atoms with Crippen LogP contribution in [0.3, 0.4) is 0 Å². The molecule has 2 heterocycles. The van der Waals surface area contributed by atoms with Crippen LogP contribution in [0.4, 0.5) is 13.2 Å². The minimum atomic E-state index is -2.92. The van der Waals surface area contributed by atoms with Crippen LogP contribution >= 0.6 is 10.6 Å². The number of fused-ring (bicyclic) bond motifs is 1. The molecule has 0 bridgehead atoms. The van der Waals surface area contributed by atoms with Crippen molar-refractivity contribution in [3.8, 4) is 22.6 Å². The second kappa shape index (κ2) is 9.53. The zero-order valence-electron chi connectivity index (χ0n) is 18.9. The Morgan fingerprint density at radius 1 is 1.06 bits per heavy atom. The SMILES string of the molecule is O=C(NC1CCS(O)(O)C1)c1ccc2c(-c3ccc(OC(F)F)cc3)cn(-c3ccc(F)cc3)c2c1. The largest absolute Gasteiger partial charge is 0.435 e. The fraction of sp³-hybridized carbons (Fsp3) is 0.192. The maximum absolute atomic E-state index is 13.6. The third-order valence-corrected chi connectivity index (χ3v) is 7.99. The van der Waals surface area contributed by atoms with Gasteiger partial charge in [-0.1, -0.05) is 18.2 Å². The van der Waals surface area contributed by atoms with E-state index in [0.29, 0.717) is 23.2 Å². The topological polar surface area (TPSA) is 83.7 Å². The lowest BCUT2D eigenvalue weighted by Gasteiger charge is -2.26. The summed E-state index contributed by atoms with van der Waals surface area (Å²) >= 11 is 0. The van der Waals surface area contributed by atoms with Gasteiger partial charge in [-0.15, -0.1) is 0 Å². The number of aromatic nitrogens is 1. The van der Waals surface area contributed by atoms with Gasteiger partial charge < -0.3 is 14.6 Å². The van der Waals surface area contributed by atoms with E-state index in [1.54, 1.807) is 42.5 Å². The third kappa shape index (κ3) is 5.06. The summed E-state index contributed by atoms with van der Waals surface area (Å²) in [5.41, 5.74) is 3.28. The summed E-state index contributed by atoms with van der Waals surface area (Å²) in [5, 5.41) is 3.67. The molecule has 1 saturated heterocycles. The van der Waals surface area contributed by atoms with E-state index >= 15 is 0 Å². The number of carbonyl (C=O) groups is 1. The zero-order chi connectivity index (χ0) is 25.4. The number of nitrogens with zero attached hydrogens (tertiary/aromatic N) is 1. The minimum Gasteiger partial charge on any atom is -0.435 e. The van der Waals surface area contributed by atoms with Gasteiger partial charge in [0.25, 0.3) is 5.91 Å². The van der Waals surface area contributed by atoms with Gasteiger partial charge in [0.05, 0.1) is 11.3 Å². The van der Waals surface area contributed by atoms with Crippen molar-refractivity contribution in [3.63, 3.8) is 0 Å². The van der Waals surface area contributed by atoms with E-state index in [2.05, 4.69) is 10.1 Å². The van der Waals surface area contributed by atoms with Crippen LogP contribution in [-0.2, 0) is 0 Å².